The van der Waals surface area contributed by atoms with Gasteiger partial charge in [-0.15, -0.1) is 0 Å². The number of hydrogen-bond donors (Lipinski definition) is 1. The summed E-state index contributed by atoms with van der Waals surface area (Å²) in [6.45, 7) is 5.27. The molecule has 2 atom stereocenters. The number of hydrogen-bond acceptors (Lipinski definition) is 3. The number of aliphatic carboxylic acids is 1. The number of nitrogens with zero attached hydrogens (tertiary/aromatic N) is 2. The summed E-state index contributed by atoms with van der Waals surface area (Å²) in [7, 11) is 4.17. The number of piperidine rings is 1. The standard InChI is InChI=1S/C12H24N2O2/c1-10-9-11(12(15)16)5-8-14(10)7-4-6-13(2)3/h10-11H,4-9H2,1-3H3,(H,15,16). The Bertz CT molecular complexity index is 231. The third kappa shape index (κ3) is 4.10. The van der Waals surface area contributed by atoms with Gasteiger partial charge in [-0.2, -0.15) is 0 Å². The van der Waals surface area contributed by atoms with E-state index in [0.29, 0.717) is 6.04 Å². The van der Waals surface area contributed by atoms with E-state index in [4.69, 9.17) is 5.11 Å². The Kier molecular flexibility index (Phi) is 5.22. The SMILES string of the molecule is CC1CC(C(=O)O)CCN1CCCN(C)C. The normalized spacial score (nSPS) is 27.2. The van der Waals surface area contributed by atoms with Gasteiger partial charge in [0.2, 0.25) is 0 Å². The first-order valence-corrected chi connectivity index (χ1v) is 6.12. The number of rotatable bonds is 5. The number of carboxylic acids is 1. The van der Waals surface area contributed by atoms with Crippen molar-refractivity contribution in [2.45, 2.75) is 32.2 Å². The van der Waals surface area contributed by atoms with Crippen molar-refractivity contribution in [2.24, 2.45) is 5.92 Å². The lowest BCUT2D eigenvalue weighted by Gasteiger charge is -2.36. The van der Waals surface area contributed by atoms with Gasteiger partial charge in [-0.3, -0.25) is 4.79 Å². The van der Waals surface area contributed by atoms with E-state index in [9.17, 15) is 4.79 Å². The van der Waals surface area contributed by atoms with Crippen LogP contribution in [0.15, 0.2) is 0 Å². The zero-order valence-electron chi connectivity index (χ0n) is 10.6. The highest BCUT2D eigenvalue weighted by molar-refractivity contribution is 5.70. The molecule has 4 heteroatoms. The fraction of sp³-hybridized carbons (Fsp3) is 0.917. The molecule has 0 aromatic heterocycles. The van der Waals surface area contributed by atoms with E-state index in [0.717, 1.165) is 38.9 Å². The topological polar surface area (TPSA) is 43.8 Å². The lowest BCUT2D eigenvalue weighted by Crippen LogP contribution is -2.43. The Hall–Kier alpha value is -0.610. The van der Waals surface area contributed by atoms with E-state index in [1.54, 1.807) is 0 Å². The zero-order chi connectivity index (χ0) is 12.1. The molecule has 1 aliphatic rings. The first-order valence-electron chi connectivity index (χ1n) is 6.12. The molecule has 0 amide bonds. The molecule has 0 aromatic carbocycles. The van der Waals surface area contributed by atoms with Crippen molar-refractivity contribution in [3.8, 4) is 0 Å². The molecule has 16 heavy (non-hydrogen) atoms. The van der Waals surface area contributed by atoms with Gasteiger partial charge in [-0.1, -0.05) is 0 Å². The van der Waals surface area contributed by atoms with Crippen LogP contribution < -0.4 is 0 Å². The Morgan fingerprint density at radius 3 is 2.69 bits per heavy atom. The summed E-state index contributed by atoms with van der Waals surface area (Å²) < 4.78 is 0. The minimum atomic E-state index is -0.625. The summed E-state index contributed by atoms with van der Waals surface area (Å²) in [5.41, 5.74) is 0. The first-order chi connectivity index (χ1) is 7.50. The van der Waals surface area contributed by atoms with Crippen molar-refractivity contribution < 1.29 is 9.90 Å². The van der Waals surface area contributed by atoms with Gasteiger partial charge in [0, 0.05) is 6.04 Å². The van der Waals surface area contributed by atoms with E-state index in [-0.39, 0.29) is 5.92 Å². The van der Waals surface area contributed by atoms with Gasteiger partial charge in [0.25, 0.3) is 0 Å². The second-order valence-corrected chi connectivity index (χ2v) is 5.10. The van der Waals surface area contributed by atoms with Gasteiger partial charge in [0.15, 0.2) is 0 Å². The van der Waals surface area contributed by atoms with Gasteiger partial charge in [0.1, 0.15) is 0 Å². The Morgan fingerprint density at radius 1 is 1.50 bits per heavy atom. The maximum Gasteiger partial charge on any atom is 0.306 e. The maximum atomic E-state index is 10.9. The molecule has 1 heterocycles. The summed E-state index contributed by atoms with van der Waals surface area (Å²) in [5, 5.41) is 8.97. The van der Waals surface area contributed by atoms with Crippen LogP contribution in [-0.4, -0.2) is 60.6 Å². The predicted octanol–water partition coefficient (Wildman–Crippen LogP) is 1.12. The Balaban J connectivity index is 2.28. The summed E-state index contributed by atoms with van der Waals surface area (Å²) in [6.07, 6.45) is 2.77. The van der Waals surface area contributed by atoms with Crippen LogP contribution in [0.25, 0.3) is 0 Å². The van der Waals surface area contributed by atoms with Gasteiger partial charge < -0.3 is 14.9 Å². The van der Waals surface area contributed by atoms with Gasteiger partial charge in [0.05, 0.1) is 5.92 Å². The minimum absolute atomic E-state index is 0.125. The van der Waals surface area contributed by atoms with E-state index < -0.39 is 5.97 Å². The van der Waals surface area contributed by atoms with Crippen LogP contribution in [0.4, 0.5) is 0 Å². The van der Waals surface area contributed by atoms with E-state index >= 15 is 0 Å². The highest BCUT2D eigenvalue weighted by Crippen LogP contribution is 2.22. The first kappa shape index (κ1) is 13.5. The molecule has 94 valence electrons. The fourth-order valence-corrected chi connectivity index (χ4v) is 2.37. The van der Waals surface area contributed by atoms with Crippen LogP contribution in [0, 0.1) is 5.92 Å². The molecular formula is C12H24N2O2. The Morgan fingerprint density at radius 2 is 2.19 bits per heavy atom. The fourth-order valence-electron chi connectivity index (χ4n) is 2.37. The van der Waals surface area contributed by atoms with Crippen molar-refractivity contribution in [3.05, 3.63) is 0 Å². The van der Waals surface area contributed by atoms with E-state index in [1.807, 2.05) is 0 Å². The van der Waals surface area contributed by atoms with Crippen molar-refractivity contribution in [2.75, 3.05) is 33.7 Å². The third-order valence-electron chi connectivity index (χ3n) is 3.41. The van der Waals surface area contributed by atoms with Crippen LogP contribution in [0.3, 0.4) is 0 Å². The molecule has 1 saturated heterocycles. The molecule has 0 aliphatic carbocycles. The van der Waals surface area contributed by atoms with Crippen molar-refractivity contribution in [1.82, 2.24) is 9.80 Å². The van der Waals surface area contributed by atoms with Gasteiger partial charge in [-0.05, 0) is 59.9 Å². The number of carboxylic acid groups (broad SMARTS) is 1. The van der Waals surface area contributed by atoms with E-state index in [2.05, 4.69) is 30.8 Å². The largest absolute Gasteiger partial charge is 0.481 e. The van der Waals surface area contributed by atoms with Crippen molar-refractivity contribution in [3.63, 3.8) is 0 Å². The summed E-state index contributed by atoms with van der Waals surface area (Å²) in [5.74, 6) is -0.750. The highest BCUT2D eigenvalue weighted by Gasteiger charge is 2.28. The zero-order valence-corrected chi connectivity index (χ0v) is 10.6. The summed E-state index contributed by atoms with van der Waals surface area (Å²) in [6, 6.07) is 0.414. The average molecular weight is 228 g/mol. The quantitative estimate of drug-likeness (QED) is 0.766. The third-order valence-corrected chi connectivity index (χ3v) is 3.41. The van der Waals surface area contributed by atoms with Crippen LogP contribution in [-0.2, 0) is 4.79 Å². The molecule has 1 fully saturated rings. The van der Waals surface area contributed by atoms with Gasteiger partial charge in [-0.25, -0.2) is 0 Å². The van der Waals surface area contributed by atoms with Gasteiger partial charge >= 0.3 is 5.97 Å². The molecule has 0 saturated carbocycles. The van der Waals surface area contributed by atoms with Crippen molar-refractivity contribution in [1.29, 1.82) is 0 Å². The molecule has 1 aliphatic heterocycles. The summed E-state index contributed by atoms with van der Waals surface area (Å²) in [4.78, 5) is 15.5. The van der Waals surface area contributed by atoms with Crippen LogP contribution >= 0.6 is 0 Å². The minimum Gasteiger partial charge on any atom is -0.481 e. The Labute approximate surface area is 98.2 Å². The average Bonchev–Trinajstić information content (AvgIpc) is 2.19. The van der Waals surface area contributed by atoms with Crippen LogP contribution in [0.5, 0.6) is 0 Å². The molecule has 4 nitrogen and oxygen atoms in total. The summed E-state index contributed by atoms with van der Waals surface area (Å²) >= 11 is 0. The molecule has 1 N–H and O–H groups in total. The molecule has 0 radical (unpaired) electrons. The molecule has 0 spiro atoms. The van der Waals surface area contributed by atoms with Crippen LogP contribution in [0.1, 0.15) is 26.2 Å². The second-order valence-electron chi connectivity index (χ2n) is 5.10. The number of likely N-dealkylation sites (tertiary alicyclic amines) is 1. The predicted molar refractivity (Wildman–Crippen MR) is 64.6 cm³/mol. The molecule has 0 aromatic rings. The maximum absolute atomic E-state index is 10.9. The smallest absolute Gasteiger partial charge is 0.306 e. The molecule has 0 bridgehead atoms. The molecule has 1 rings (SSSR count). The van der Waals surface area contributed by atoms with Crippen LogP contribution in [0.2, 0.25) is 0 Å². The lowest BCUT2D eigenvalue weighted by molar-refractivity contribution is -0.144. The molecule has 2 unspecified atom stereocenters. The van der Waals surface area contributed by atoms with E-state index in [1.165, 1.54) is 0 Å². The van der Waals surface area contributed by atoms with Crippen molar-refractivity contribution >= 4 is 5.97 Å². The lowest BCUT2D eigenvalue weighted by atomic mass is 9.91. The molecular weight excluding hydrogens is 204 g/mol. The second kappa shape index (κ2) is 6.21. The monoisotopic (exact) mass is 228 g/mol. The highest BCUT2D eigenvalue weighted by atomic mass is 16.4. The number of carbonyl (C=O) groups is 1.